The van der Waals surface area contributed by atoms with Crippen LogP contribution in [0.15, 0.2) is 6.20 Å². The zero-order chi connectivity index (χ0) is 13.9. The molecule has 1 saturated carbocycles. The molecule has 0 radical (unpaired) electrons. The van der Waals surface area contributed by atoms with Gasteiger partial charge in [0, 0.05) is 23.7 Å². The van der Waals surface area contributed by atoms with Crippen molar-refractivity contribution in [2.45, 2.75) is 50.9 Å². The van der Waals surface area contributed by atoms with E-state index in [1.54, 1.807) is 18.3 Å². The number of aryl methyl sites for hydroxylation is 1. The third kappa shape index (κ3) is 4.52. The number of nitrogens with zero attached hydrogens (tertiary/aromatic N) is 1. The van der Waals surface area contributed by atoms with Crippen LogP contribution in [-0.4, -0.2) is 31.2 Å². The molecular formula is C12H21N3O2S2. The molecule has 1 unspecified atom stereocenters. The lowest BCUT2D eigenvalue weighted by Gasteiger charge is -2.13. The Morgan fingerprint density at radius 2 is 2.26 bits per heavy atom. The molecule has 7 heteroatoms. The van der Waals surface area contributed by atoms with Crippen molar-refractivity contribution in [3.05, 3.63) is 16.1 Å². The highest BCUT2D eigenvalue weighted by atomic mass is 32.2. The minimum absolute atomic E-state index is 0.292. The van der Waals surface area contributed by atoms with Gasteiger partial charge in [-0.05, 0) is 26.2 Å². The van der Waals surface area contributed by atoms with Crippen LogP contribution < -0.4 is 10.0 Å². The normalized spacial score (nSPS) is 17.6. The first kappa shape index (κ1) is 14.9. The number of aromatic nitrogens is 1. The SMILES string of the molecule is CCc1cnc(CNS(=O)(=O)C(C)CNC2CC2)s1. The average Bonchev–Trinajstić information content (AvgIpc) is 3.10. The summed E-state index contributed by atoms with van der Waals surface area (Å²) in [6.07, 6.45) is 5.08. The van der Waals surface area contributed by atoms with Crippen LogP contribution in [-0.2, 0) is 23.0 Å². The van der Waals surface area contributed by atoms with E-state index in [2.05, 4.69) is 21.9 Å². The lowest BCUT2D eigenvalue weighted by Crippen LogP contribution is -2.39. The van der Waals surface area contributed by atoms with Gasteiger partial charge in [0.2, 0.25) is 10.0 Å². The molecule has 1 aromatic heterocycles. The highest BCUT2D eigenvalue weighted by Crippen LogP contribution is 2.19. The predicted molar refractivity (Wildman–Crippen MR) is 77.7 cm³/mol. The molecule has 0 spiro atoms. The molecule has 1 aliphatic carbocycles. The number of thiazole rings is 1. The van der Waals surface area contributed by atoms with Gasteiger partial charge in [0.05, 0.1) is 11.8 Å². The fraction of sp³-hybridized carbons (Fsp3) is 0.750. The Labute approximate surface area is 118 Å². The van der Waals surface area contributed by atoms with Crippen molar-refractivity contribution in [2.24, 2.45) is 0 Å². The van der Waals surface area contributed by atoms with Crippen LogP contribution in [0.4, 0.5) is 0 Å². The Kier molecular flexibility index (Phi) is 4.94. The Bertz CT molecular complexity index is 509. The summed E-state index contributed by atoms with van der Waals surface area (Å²) in [6, 6.07) is 0.531. The zero-order valence-electron chi connectivity index (χ0n) is 11.3. The van der Waals surface area contributed by atoms with Gasteiger partial charge in [-0.2, -0.15) is 0 Å². The number of hydrogen-bond acceptors (Lipinski definition) is 5. The van der Waals surface area contributed by atoms with Crippen molar-refractivity contribution >= 4 is 21.4 Å². The molecule has 0 aromatic carbocycles. The first-order valence-corrected chi connectivity index (χ1v) is 9.03. The maximum Gasteiger partial charge on any atom is 0.215 e. The molecule has 19 heavy (non-hydrogen) atoms. The molecule has 2 rings (SSSR count). The summed E-state index contributed by atoms with van der Waals surface area (Å²) in [7, 11) is -3.27. The molecule has 108 valence electrons. The van der Waals surface area contributed by atoms with Crippen molar-refractivity contribution in [2.75, 3.05) is 6.54 Å². The number of sulfonamides is 1. The first-order chi connectivity index (χ1) is 9.01. The second-order valence-corrected chi connectivity index (χ2v) is 8.32. The number of rotatable bonds is 8. The van der Waals surface area contributed by atoms with E-state index in [0.717, 1.165) is 11.4 Å². The van der Waals surface area contributed by atoms with E-state index in [0.29, 0.717) is 19.1 Å². The van der Waals surface area contributed by atoms with Crippen molar-refractivity contribution in [3.8, 4) is 0 Å². The van der Waals surface area contributed by atoms with Crippen molar-refractivity contribution < 1.29 is 8.42 Å². The van der Waals surface area contributed by atoms with Gasteiger partial charge in [0.25, 0.3) is 0 Å². The molecule has 0 bridgehead atoms. The molecule has 1 aliphatic rings. The molecule has 5 nitrogen and oxygen atoms in total. The summed E-state index contributed by atoms with van der Waals surface area (Å²) in [5, 5.41) is 3.65. The van der Waals surface area contributed by atoms with Gasteiger partial charge in [-0.1, -0.05) is 6.92 Å². The Hall–Kier alpha value is -0.500. The Balaban J connectivity index is 1.81. The smallest absolute Gasteiger partial charge is 0.215 e. The number of nitrogens with one attached hydrogen (secondary N) is 2. The molecule has 2 N–H and O–H groups in total. The van der Waals surface area contributed by atoms with Gasteiger partial charge in [-0.25, -0.2) is 18.1 Å². The quantitative estimate of drug-likeness (QED) is 0.758. The summed E-state index contributed by atoms with van der Waals surface area (Å²) in [5.74, 6) is 0. The van der Waals surface area contributed by atoms with Gasteiger partial charge < -0.3 is 5.32 Å². The molecule has 0 amide bonds. The number of hydrogen-bond donors (Lipinski definition) is 2. The standard InChI is InChI=1S/C12H21N3O2S2/c1-3-11-7-14-12(18-11)8-15-19(16,17)9(2)6-13-10-4-5-10/h7,9-10,13,15H,3-6,8H2,1-2H3. The molecule has 0 aliphatic heterocycles. The van der Waals surface area contributed by atoms with Crippen LogP contribution in [0.5, 0.6) is 0 Å². The van der Waals surface area contributed by atoms with Crippen LogP contribution in [0.25, 0.3) is 0 Å². The van der Waals surface area contributed by atoms with Gasteiger partial charge in [0.1, 0.15) is 5.01 Å². The van der Waals surface area contributed by atoms with Crippen molar-refractivity contribution in [1.29, 1.82) is 0 Å². The van der Waals surface area contributed by atoms with Crippen LogP contribution in [0, 0.1) is 0 Å². The van der Waals surface area contributed by atoms with E-state index in [1.807, 2.05) is 6.20 Å². The highest BCUT2D eigenvalue weighted by molar-refractivity contribution is 7.90. The van der Waals surface area contributed by atoms with E-state index in [9.17, 15) is 8.42 Å². The van der Waals surface area contributed by atoms with E-state index in [4.69, 9.17) is 0 Å². The Morgan fingerprint density at radius 1 is 1.53 bits per heavy atom. The van der Waals surface area contributed by atoms with Crippen LogP contribution >= 0.6 is 11.3 Å². The summed E-state index contributed by atoms with van der Waals surface area (Å²) >= 11 is 1.56. The van der Waals surface area contributed by atoms with Crippen LogP contribution in [0.2, 0.25) is 0 Å². The predicted octanol–water partition coefficient (Wildman–Crippen LogP) is 1.27. The van der Waals surface area contributed by atoms with E-state index in [1.165, 1.54) is 17.7 Å². The van der Waals surface area contributed by atoms with Gasteiger partial charge in [-0.15, -0.1) is 11.3 Å². The average molecular weight is 303 g/mol. The molecule has 1 fully saturated rings. The Morgan fingerprint density at radius 3 is 2.84 bits per heavy atom. The maximum atomic E-state index is 12.0. The second kappa shape index (κ2) is 6.30. The minimum Gasteiger partial charge on any atom is -0.313 e. The maximum absolute atomic E-state index is 12.0. The molecule has 1 heterocycles. The van der Waals surface area contributed by atoms with Gasteiger partial charge in [0.15, 0.2) is 0 Å². The molecular weight excluding hydrogens is 282 g/mol. The summed E-state index contributed by atoms with van der Waals surface area (Å²) in [6.45, 7) is 4.60. The largest absolute Gasteiger partial charge is 0.313 e. The lowest BCUT2D eigenvalue weighted by atomic mass is 10.4. The lowest BCUT2D eigenvalue weighted by molar-refractivity contribution is 0.556. The summed E-state index contributed by atoms with van der Waals surface area (Å²) in [5.41, 5.74) is 0. The first-order valence-electron chi connectivity index (χ1n) is 6.66. The molecule has 0 saturated heterocycles. The van der Waals surface area contributed by atoms with Crippen LogP contribution in [0.1, 0.15) is 36.6 Å². The topological polar surface area (TPSA) is 71.1 Å². The second-order valence-electron chi connectivity index (χ2n) is 4.93. The van der Waals surface area contributed by atoms with E-state index < -0.39 is 15.3 Å². The third-order valence-electron chi connectivity index (χ3n) is 3.18. The zero-order valence-corrected chi connectivity index (χ0v) is 13.0. The minimum atomic E-state index is -3.27. The van der Waals surface area contributed by atoms with Crippen molar-refractivity contribution in [1.82, 2.24) is 15.0 Å². The molecule has 1 atom stereocenters. The highest BCUT2D eigenvalue weighted by Gasteiger charge is 2.25. The fourth-order valence-electron chi connectivity index (χ4n) is 1.63. The fourth-order valence-corrected chi connectivity index (χ4v) is 3.46. The molecule has 1 aromatic rings. The van der Waals surface area contributed by atoms with Crippen molar-refractivity contribution in [3.63, 3.8) is 0 Å². The van der Waals surface area contributed by atoms with Crippen LogP contribution in [0.3, 0.4) is 0 Å². The van der Waals surface area contributed by atoms with Gasteiger partial charge >= 0.3 is 0 Å². The van der Waals surface area contributed by atoms with E-state index in [-0.39, 0.29) is 0 Å². The summed E-state index contributed by atoms with van der Waals surface area (Å²) < 4.78 is 26.7. The summed E-state index contributed by atoms with van der Waals surface area (Å²) in [4.78, 5) is 5.39. The van der Waals surface area contributed by atoms with Gasteiger partial charge in [-0.3, -0.25) is 0 Å². The monoisotopic (exact) mass is 303 g/mol. The van der Waals surface area contributed by atoms with E-state index >= 15 is 0 Å². The third-order valence-corrected chi connectivity index (χ3v) is 6.09.